The molecule has 0 aliphatic rings. The van der Waals surface area contributed by atoms with Crippen molar-refractivity contribution < 1.29 is 23.8 Å². The summed E-state index contributed by atoms with van der Waals surface area (Å²) in [5.74, 6) is -0.878. The molecule has 0 radical (unpaired) electrons. The van der Waals surface area contributed by atoms with E-state index in [0.717, 1.165) is 19.3 Å². The molecule has 1 rings (SSSR count). The molecule has 182 valence electrons. The van der Waals surface area contributed by atoms with Gasteiger partial charge in [-0.3, -0.25) is 0 Å². The summed E-state index contributed by atoms with van der Waals surface area (Å²) in [7, 11) is 1.65. The van der Waals surface area contributed by atoms with Crippen LogP contribution in [0.25, 0.3) is 0 Å². The second-order valence-corrected chi connectivity index (χ2v) is 8.60. The van der Waals surface area contributed by atoms with Crippen LogP contribution >= 0.6 is 0 Å². The SMILES string of the molecule is CCCCCCCCCCCCOC(=O)c1cccc(C(=O)OC(C)C(C)CCOC)n1. The van der Waals surface area contributed by atoms with Crippen molar-refractivity contribution >= 4 is 11.9 Å². The lowest BCUT2D eigenvalue weighted by Crippen LogP contribution is -2.24. The molecule has 1 aromatic heterocycles. The average molecular weight is 450 g/mol. The number of aromatic nitrogens is 1. The highest BCUT2D eigenvalue weighted by Crippen LogP contribution is 2.14. The molecule has 0 aromatic carbocycles. The van der Waals surface area contributed by atoms with E-state index in [2.05, 4.69) is 11.9 Å². The molecule has 1 heterocycles. The van der Waals surface area contributed by atoms with Crippen molar-refractivity contribution in [3.63, 3.8) is 0 Å². The normalized spacial score (nSPS) is 12.9. The summed E-state index contributed by atoms with van der Waals surface area (Å²) in [4.78, 5) is 28.8. The fraction of sp³-hybridized carbons (Fsp3) is 0.731. The van der Waals surface area contributed by atoms with Gasteiger partial charge in [-0.15, -0.1) is 0 Å². The van der Waals surface area contributed by atoms with Crippen molar-refractivity contribution in [3.8, 4) is 0 Å². The summed E-state index contributed by atoms with van der Waals surface area (Å²) in [6.07, 6.45) is 12.8. The third-order valence-corrected chi connectivity index (χ3v) is 5.77. The maximum Gasteiger partial charge on any atom is 0.357 e. The van der Waals surface area contributed by atoms with Gasteiger partial charge < -0.3 is 14.2 Å². The highest BCUT2D eigenvalue weighted by atomic mass is 16.5. The van der Waals surface area contributed by atoms with Gasteiger partial charge in [0.05, 0.1) is 6.61 Å². The summed E-state index contributed by atoms with van der Waals surface area (Å²) in [6, 6.07) is 4.73. The van der Waals surface area contributed by atoms with Crippen molar-refractivity contribution in [2.45, 2.75) is 97.5 Å². The molecule has 32 heavy (non-hydrogen) atoms. The summed E-state index contributed by atoms with van der Waals surface area (Å²) in [5.41, 5.74) is 0.246. The van der Waals surface area contributed by atoms with Crippen molar-refractivity contribution in [1.82, 2.24) is 4.98 Å². The van der Waals surface area contributed by atoms with E-state index in [1.807, 2.05) is 13.8 Å². The molecule has 0 amide bonds. The number of methoxy groups -OCH3 is 1. The first kappa shape index (κ1) is 28.1. The van der Waals surface area contributed by atoms with E-state index >= 15 is 0 Å². The highest BCUT2D eigenvalue weighted by molar-refractivity contribution is 5.91. The Hall–Kier alpha value is -1.95. The molecular formula is C26H43NO5. The first-order valence-corrected chi connectivity index (χ1v) is 12.3. The first-order chi connectivity index (χ1) is 15.5. The fourth-order valence-electron chi connectivity index (χ4n) is 3.37. The van der Waals surface area contributed by atoms with Gasteiger partial charge in [0.2, 0.25) is 0 Å². The Morgan fingerprint density at radius 2 is 1.41 bits per heavy atom. The Labute approximate surface area is 194 Å². The van der Waals surface area contributed by atoms with Gasteiger partial charge in [-0.2, -0.15) is 0 Å². The number of nitrogens with zero attached hydrogens (tertiary/aromatic N) is 1. The molecule has 6 nitrogen and oxygen atoms in total. The van der Waals surface area contributed by atoms with Crippen molar-refractivity contribution in [2.75, 3.05) is 20.3 Å². The second-order valence-electron chi connectivity index (χ2n) is 8.60. The van der Waals surface area contributed by atoms with Crippen LogP contribution in [-0.4, -0.2) is 43.4 Å². The number of hydrogen-bond acceptors (Lipinski definition) is 6. The minimum Gasteiger partial charge on any atom is -0.461 e. The van der Waals surface area contributed by atoms with Gasteiger partial charge in [0, 0.05) is 13.7 Å². The number of ether oxygens (including phenoxy) is 3. The zero-order valence-electron chi connectivity index (χ0n) is 20.6. The summed E-state index contributed by atoms with van der Waals surface area (Å²) < 4.78 is 15.9. The maximum atomic E-state index is 12.4. The van der Waals surface area contributed by atoms with E-state index in [1.54, 1.807) is 25.3 Å². The zero-order valence-corrected chi connectivity index (χ0v) is 20.6. The summed E-state index contributed by atoms with van der Waals surface area (Å²) in [5, 5.41) is 0. The number of carbonyl (C=O) groups excluding carboxylic acids is 2. The van der Waals surface area contributed by atoms with Gasteiger partial charge in [0.25, 0.3) is 0 Å². The van der Waals surface area contributed by atoms with E-state index in [0.29, 0.717) is 13.2 Å². The van der Waals surface area contributed by atoms with Crippen LogP contribution in [0.15, 0.2) is 18.2 Å². The zero-order chi connectivity index (χ0) is 23.6. The molecule has 6 heteroatoms. The van der Waals surface area contributed by atoms with Crippen LogP contribution < -0.4 is 0 Å². The minimum atomic E-state index is -0.536. The molecule has 0 fully saturated rings. The largest absolute Gasteiger partial charge is 0.461 e. The molecule has 0 bridgehead atoms. The molecule has 2 atom stereocenters. The first-order valence-electron chi connectivity index (χ1n) is 12.3. The molecule has 1 aromatic rings. The predicted octanol–water partition coefficient (Wildman–Crippen LogP) is 6.38. The molecule has 2 unspecified atom stereocenters. The summed E-state index contributed by atoms with van der Waals surface area (Å²) >= 11 is 0. The fourth-order valence-corrected chi connectivity index (χ4v) is 3.37. The molecular weight excluding hydrogens is 406 g/mol. The van der Waals surface area contributed by atoms with Gasteiger partial charge >= 0.3 is 11.9 Å². The van der Waals surface area contributed by atoms with Crippen LogP contribution in [0.4, 0.5) is 0 Å². The molecule has 0 spiro atoms. The number of carbonyl (C=O) groups is 2. The van der Waals surface area contributed by atoms with E-state index in [-0.39, 0.29) is 23.4 Å². The van der Waals surface area contributed by atoms with Crippen LogP contribution in [-0.2, 0) is 14.2 Å². The Bertz CT molecular complexity index is 649. The third kappa shape index (κ3) is 12.2. The minimum absolute atomic E-state index is 0.115. The summed E-state index contributed by atoms with van der Waals surface area (Å²) in [6.45, 7) is 7.08. The average Bonchev–Trinajstić information content (AvgIpc) is 2.80. The number of unbranched alkanes of at least 4 members (excludes halogenated alkanes) is 9. The topological polar surface area (TPSA) is 74.7 Å². The van der Waals surface area contributed by atoms with Gasteiger partial charge in [-0.05, 0) is 37.8 Å². The standard InChI is InChI=1S/C26H43NO5/c1-5-6-7-8-9-10-11-12-13-14-19-31-25(28)23-16-15-17-24(27-23)26(29)32-22(3)21(2)18-20-30-4/h15-17,21-22H,5-14,18-20H2,1-4H3. The number of esters is 2. The molecule has 0 saturated heterocycles. The highest BCUT2D eigenvalue weighted by Gasteiger charge is 2.20. The van der Waals surface area contributed by atoms with Gasteiger partial charge in [-0.1, -0.05) is 77.7 Å². The van der Waals surface area contributed by atoms with Crippen LogP contribution in [0.2, 0.25) is 0 Å². The molecule has 0 saturated carbocycles. The van der Waals surface area contributed by atoms with Gasteiger partial charge in [0.15, 0.2) is 0 Å². The van der Waals surface area contributed by atoms with Crippen molar-refractivity contribution in [2.24, 2.45) is 5.92 Å². The third-order valence-electron chi connectivity index (χ3n) is 5.77. The number of hydrogen-bond donors (Lipinski definition) is 0. The quantitative estimate of drug-likeness (QED) is 0.191. The molecule has 0 N–H and O–H groups in total. The van der Waals surface area contributed by atoms with Gasteiger partial charge in [0.1, 0.15) is 17.5 Å². The maximum absolute atomic E-state index is 12.4. The van der Waals surface area contributed by atoms with Crippen molar-refractivity contribution in [3.05, 3.63) is 29.6 Å². The van der Waals surface area contributed by atoms with E-state index in [4.69, 9.17) is 14.2 Å². The van der Waals surface area contributed by atoms with Crippen molar-refractivity contribution in [1.29, 1.82) is 0 Å². The number of pyridine rings is 1. The van der Waals surface area contributed by atoms with E-state index < -0.39 is 11.9 Å². The van der Waals surface area contributed by atoms with Crippen LogP contribution in [0.1, 0.15) is 112 Å². The smallest absolute Gasteiger partial charge is 0.357 e. The van der Waals surface area contributed by atoms with Crippen LogP contribution in [0, 0.1) is 5.92 Å². The second kappa shape index (κ2) is 17.6. The Balaban J connectivity index is 2.29. The van der Waals surface area contributed by atoms with Crippen LogP contribution in [0.3, 0.4) is 0 Å². The monoisotopic (exact) mass is 449 g/mol. The lowest BCUT2D eigenvalue weighted by atomic mass is 10.0. The Morgan fingerprint density at radius 3 is 2.00 bits per heavy atom. The lowest BCUT2D eigenvalue weighted by Gasteiger charge is -2.19. The Kier molecular flexibility index (Phi) is 15.4. The van der Waals surface area contributed by atoms with Gasteiger partial charge in [-0.25, -0.2) is 14.6 Å². The molecule has 0 aliphatic heterocycles. The van der Waals surface area contributed by atoms with E-state index in [1.165, 1.54) is 51.4 Å². The van der Waals surface area contributed by atoms with Crippen LogP contribution in [0.5, 0.6) is 0 Å². The Morgan fingerprint density at radius 1 is 0.844 bits per heavy atom. The number of rotatable bonds is 18. The lowest BCUT2D eigenvalue weighted by molar-refractivity contribution is 0.0167. The predicted molar refractivity (Wildman–Crippen MR) is 127 cm³/mol. The van der Waals surface area contributed by atoms with E-state index in [9.17, 15) is 9.59 Å². The molecule has 0 aliphatic carbocycles.